The largest absolute Gasteiger partial charge is 0.492 e. The molecule has 2 aromatic rings. The average Bonchev–Trinajstić information content (AvgIpc) is 2.96. The topological polar surface area (TPSA) is 38.3 Å². The summed E-state index contributed by atoms with van der Waals surface area (Å²) < 4.78 is 5.72. The lowest BCUT2D eigenvalue weighted by Gasteiger charge is -2.38. The van der Waals surface area contributed by atoms with Crippen LogP contribution in [0.4, 0.5) is 0 Å². The molecule has 2 aromatic carbocycles. The molecule has 2 aliphatic rings. The molecule has 0 spiro atoms. The van der Waals surface area contributed by atoms with Crippen molar-refractivity contribution < 1.29 is 9.53 Å². The maximum absolute atomic E-state index is 11.2. The van der Waals surface area contributed by atoms with Crippen LogP contribution in [0.3, 0.4) is 0 Å². The van der Waals surface area contributed by atoms with E-state index in [1.54, 1.807) is 0 Å². The molecule has 2 aliphatic carbocycles. The van der Waals surface area contributed by atoms with Crippen molar-refractivity contribution in [1.82, 2.24) is 5.32 Å². The highest BCUT2D eigenvalue weighted by Crippen LogP contribution is 2.44. The van der Waals surface area contributed by atoms with Gasteiger partial charge < -0.3 is 10.1 Å². The minimum Gasteiger partial charge on any atom is -0.492 e. The van der Waals surface area contributed by atoms with E-state index in [0.717, 1.165) is 29.4 Å². The minimum absolute atomic E-state index is 0.175. The first kappa shape index (κ1) is 27.5. The Hall–Kier alpha value is -2.55. The number of carbonyl (C=O) groups is 1. The standard InChI is InChI=1S/C34H47NO2/c1-3-5-6-7-26-8-10-27(11-9-26)28-12-14-29(15-13-28)30-16-18-31(19-17-30)32-20-22-33(23-21-32)37-25-24-35-34(36)4-2/h4,16-23,26-29H,2-3,5-15,24-25H2,1H3,(H,35,36). The molecule has 2 saturated carbocycles. The molecule has 3 heteroatoms. The molecule has 0 radical (unpaired) electrons. The van der Waals surface area contributed by atoms with E-state index in [1.165, 1.54) is 99.8 Å². The predicted molar refractivity (Wildman–Crippen MR) is 155 cm³/mol. The van der Waals surface area contributed by atoms with Gasteiger partial charge in [-0.3, -0.25) is 4.79 Å². The molecule has 0 aliphatic heterocycles. The molecule has 2 fully saturated rings. The van der Waals surface area contributed by atoms with Gasteiger partial charge in [0.25, 0.3) is 0 Å². The molecular weight excluding hydrogens is 454 g/mol. The van der Waals surface area contributed by atoms with Crippen LogP contribution in [0, 0.1) is 17.8 Å². The summed E-state index contributed by atoms with van der Waals surface area (Å²) in [6.45, 7) is 6.67. The third-order valence-electron chi connectivity index (χ3n) is 8.97. The lowest BCUT2D eigenvalue weighted by atomic mass is 9.68. The van der Waals surface area contributed by atoms with Crippen LogP contribution in [0.2, 0.25) is 0 Å². The number of benzene rings is 2. The molecule has 37 heavy (non-hydrogen) atoms. The predicted octanol–water partition coefficient (Wildman–Crippen LogP) is 8.70. The summed E-state index contributed by atoms with van der Waals surface area (Å²) in [4.78, 5) is 11.2. The molecule has 4 rings (SSSR count). The van der Waals surface area contributed by atoms with Crippen molar-refractivity contribution in [3.8, 4) is 16.9 Å². The molecule has 1 amide bonds. The summed E-state index contributed by atoms with van der Waals surface area (Å²) in [5.41, 5.74) is 3.97. The van der Waals surface area contributed by atoms with E-state index in [1.807, 2.05) is 12.1 Å². The summed E-state index contributed by atoms with van der Waals surface area (Å²) >= 11 is 0. The van der Waals surface area contributed by atoms with E-state index < -0.39 is 0 Å². The van der Waals surface area contributed by atoms with Crippen molar-refractivity contribution in [2.75, 3.05) is 13.2 Å². The minimum atomic E-state index is -0.175. The van der Waals surface area contributed by atoms with Crippen LogP contribution in [0.1, 0.15) is 95.5 Å². The van der Waals surface area contributed by atoms with Crippen LogP contribution >= 0.6 is 0 Å². The molecule has 0 bridgehead atoms. The van der Waals surface area contributed by atoms with Crippen molar-refractivity contribution in [2.24, 2.45) is 17.8 Å². The molecular formula is C34H47NO2. The van der Waals surface area contributed by atoms with Crippen molar-refractivity contribution >= 4 is 5.91 Å². The third kappa shape index (κ3) is 8.22. The van der Waals surface area contributed by atoms with Gasteiger partial charge >= 0.3 is 0 Å². The maximum Gasteiger partial charge on any atom is 0.243 e. The Morgan fingerprint density at radius 1 is 0.865 bits per heavy atom. The lowest BCUT2D eigenvalue weighted by molar-refractivity contribution is -0.116. The normalized spacial score (nSPS) is 23.8. The van der Waals surface area contributed by atoms with E-state index in [2.05, 4.69) is 55.2 Å². The summed E-state index contributed by atoms with van der Waals surface area (Å²) in [5.74, 6) is 4.38. The smallest absolute Gasteiger partial charge is 0.243 e. The van der Waals surface area contributed by atoms with E-state index in [0.29, 0.717) is 13.2 Å². The van der Waals surface area contributed by atoms with Crippen LogP contribution in [-0.4, -0.2) is 19.1 Å². The fourth-order valence-corrected chi connectivity index (χ4v) is 6.66. The van der Waals surface area contributed by atoms with E-state index >= 15 is 0 Å². The molecule has 0 aromatic heterocycles. The van der Waals surface area contributed by atoms with E-state index in [-0.39, 0.29) is 5.91 Å². The Morgan fingerprint density at radius 2 is 1.46 bits per heavy atom. The SMILES string of the molecule is C=CC(=O)NCCOc1ccc(-c2ccc(C3CCC(C4CCC(CCCCC)CC4)CC3)cc2)cc1. The van der Waals surface area contributed by atoms with Gasteiger partial charge in [0.15, 0.2) is 0 Å². The number of hydrogen-bond donors (Lipinski definition) is 1. The lowest BCUT2D eigenvalue weighted by Crippen LogP contribution is -2.26. The Balaban J connectivity index is 1.20. The third-order valence-corrected chi connectivity index (χ3v) is 8.97. The van der Waals surface area contributed by atoms with Crippen LogP contribution in [0.5, 0.6) is 5.75 Å². The van der Waals surface area contributed by atoms with Gasteiger partial charge in [0.1, 0.15) is 12.4 Å². The Bertz CT molecular complexity index is 948. The van der Waals surface area contributed by atoms with Crippen molar-refractivity contribution in [3.05, 3.63) is 66.7 Å². The maximum atomic E-state index is 11.2. The zero-order valence-corrected chi connectivity index (χ0v) is 22.9. The Morgan fingerprint density at radius 3 is 2.05 bits per heavy atom. The Labute approximate surface area is 225 Å². The van der Waals surface area contributed by atoms with Gasteiger partial charge in [-0.05, 0) is 97.1 Å². The summed E-state index contributed by atoms with van der Waals surface area (Å²) in [6, 6.07) is 17.5. The van der Waals surface area contributed by atoms with Crippen molar-refractivity contribution in [3.63, 3.8) is 0 Å². The second-order valence-corrected chi connectivity index (χ2v) is 11.4. The summed E-state index contributed by atoms with van der Waals surface area (Å²) in [7, 11) is 0. The van der Waals surface area contributed by atoms with Crippen LogP contribution in [0.15, 0.2) is 61.2 Å². The molecule has 1 N–H and O–H groups in total. The first-order valence-corrected chi connectivity index (χ1v) is 14.9. The molecule has 0 heterocycles. The molecule has 0 atom stereocenters. The van der Waals surface area contributed by atoms with Gasteiger partial charge in [-0.1, -0.05) is 88.4 Å². The van der Waals surface area contributed by atoms with Gasteiger partial charge in [0, 0.05) is 0 Å². The molecule has 0 saturated heterocycles. The first-order valence-electron chi connectivity index (χ1n) is 14.9. The van der Waals surface area contributed by atoms with Crippen LogP contribution in [0.25, 0.3) is 11.1 Å². The second-order valence-electron chi connectivity index (χ2n) is 11.4. The highest BCUT2D eigenvalue weighted by molar-refractivity contribution is 5.86. The molecule has 3 nitrogen and oxygen atoms in total. The highest BCUT2D eigenvalue weighted by Gasteiger charge is 2.31. The number of rotatable bonds is 12. The number of unbranched alkanes of at least 4 members (excludes halogenated alkanes) is 2. The fraction of sp³-hybridized carbons (Fsp3) is 0.559. The van der Waals surface area contributed by atoms with Gasteiger partial charge in [0.2, 0.25) is 5.91 Å². The molecule has 200 valence electrons. The average molecular weight is 502 g/mol. The fourth-order valence-electron chi connectivity index (χ4n) is 6.66. The summed E-state index contributed by atoms with van der Waals surface area (Å²) in [6.07, 6.45) is 18.5. The first-order chi connectivity index (χ1) is 18.2. The number of hydrogen-bond acceptors (Lipinski definition) is 2. The number of ether oxygens (including phenoxy) is 1. The van der Waals surface area contributed by atoms with Crippen LogP contribution < -0.4 is 10.1 Å². The highest BCUT2D eigenvalue weighted by atomic mass is 16.5. The zero-order chi connectivity index (χ0) is 25.9. The van der Waals surface area contributed by atoms with Gasteiger partial charge in [-0.15, -0.1) is 0 Å². The van der Waals surface area contributed by atoms with Gasteiger partial charge in [-0.2, -0.15) is 0 Å². The quantitative estimate of drug-likeness (QED) is 0.233. The monoisotopic (exact) mass is 501 g/mol. The Kier molecular flexibility index (Phi) is 10.7. The van der Waals surface area contributed by atoms with Crippen LogP contribution in [-0.2, 0) is 4.79 Å². The van der Waals surface area contributed by atoms with Gasteiger partial charge in [-0.25, -0.2) is 0 Å². The number of carbonyl (C=O) groups excluding carboxylic acids is 1. The van der Waals surface area contributed by atoms with E-state index in [9.17, 15) is 4.79 Å². The van der Waals surface area contributed by atoms with E-state index in [4.69, 9.17) is 4.74 Å². The number of amides is 1. The van der Waals surface area contributed by atoms with Gasteiger partial charge in [0.05, 0.1) is 6.54 Å². The second kappa shape index (κ2) is 14.4. The summed E-state index contributed by atoms with van der Waals surface area (Å²) in [5, 5.41) is 2.72. The number of nitrogens with one attached hydrogen (secondary N) is 1. The zero-order valence-electron chi connectivity index (χ0n) is 22.9. The van der Waals surface area contributed by atoms with Crippen molar-refractivity contribution in [2.45, 2.75) is 89.9 Å². The van der Waals surface area contributed by atoms with Crippen molar-refractivity contribution in [1.29, 1.82) is 0 Å². The molecule has 0 unspecified atom stereocenters.